The highest BCUT2D eigenvalue weighted by Crippen LogP contribution is 2.44. The van der Waals surface area contributed by atoms with Crippen LogP contribution in [0.1, 0.15) is 63.4 Å². The third-order valence-corrected chi connectivity index (χ3v) is 7.67. The zero-order valence-electron chi connectivity index (χ0n) is 22.5. The van der Waals surface area contributed by atoms with E-state index in [9.17, 15) is 19.5 Å². The molecule has 1 fully saturated rings. The molecule has 2 aromatic carbocycles. The largest absolute Gasteiger partial charge is 0.507 e. The third-order valence-electron chi connectivity index (χ3n) is 6.53. The number of carbonyl (C=O) groups is 3. The van der Waals surface area contributed by atoms with Gasteiger partial charge in [-0.1, -0.05) is 62.1 Å². The van der Waals surface area contributed by atoms with Crippen molar-refractivity contribution in [1.29, 1.82) is 0 Å². The van der Waals surface area contributed by atoms with Crippen LogP contribution in [0.5, 0.6) is 5.75 Å². The first-order valence-electron chi connectivity index (χ1n) is 12.4. The Kier molecular flexibility index (Phi) is 8.01. The number of Topliss-reactive ketones (excluding diaryl/α,β-unsaturated/α-hetero) is 1. The van der Waals surface area contributed by atoms with Crippen molar-refractivity contribution in [3.8, 4) is 5.75 Å². The first-order valence-corrected chi connectivity index (χ1v) is 13.2. The number of aliphatic hydroxyl groups is 1. The van der Waals surface area contributed by atoms with Gasteiger partial charge >= 0.3 is 11.9 Å². The second-order valence-corrected chi connectivity index (χ2v) is 10.5. The van der Waals surface area contributed by atoms with E-state index in [1.807, 2.05) is 31.2 Å². The average Bonchev–Trinajstić information content (AvgIpc) is 3.43. The molecule has 1 N–H and O–H groups in total. The molecule has 4 rings (SSSR count). The van der Waals surface area contributed by atoms with E-state index in [1.165, 1.54) is 12.0 Å². The summed E-state index contributed by atoms with van der Waals surface area (Å²) in [5.74, 6) is -1.70. The SMILES string of the molecule is C=CCOc1ccc(C(O)=C2C(=O)C(=O)N(c3nc(C)c(C(=O)OC)s3)[C@H]2c2ccc(C(C)C)cc2)cc1C. The summed E-state index contributed by atoms with van der Waals surface area (Å²) in [5, 5.41) is 11.6. The van der Waals surface area contributed by atoms with Crippen LogP contribution in [0.3, 0.4) is 0 Å². The fraction of sp³-hybridized carbons (Fsp3) is 0.267. The lowest BCUT2D eigenvalue weighted by Gasteiger charge is -2.23. The number of thiazole rings is 1. The minimum atomic E-state index is -0.959. The molecule has 0 aliphatic carbocycles. The molecule has 1 aromatic heterocycles. The molecular weight excluding hydrogens is 516 g/mol. The summed E-state index contributed by atoms with van der Waals surface area (Å²) >= 11 is 0.962. The molecule has 1 amide bonds. The number of amides is 1. The fourth-order valence-electron chi connectivity index (χ4n) is 4.44. The topological polar surface area (TPSA) is 106 Å². The van der Waals surface area contributed by atoms with Gasteiger partial charge in [0.2, 0.25) is 0 Å². The Labute approximate surface area is 231 Å². The van der Waals surface area contributed by atoms with Gasteiger partial charge in [-0.2, -0.15) is 0 Å². The molecule has 8 nitrogen and oxygen atoms in total. The second-order valence-electron chi connectivity index (χ2n) is 9.47. The third kappa shape index (κ3) is 5.22. The molecule has 9 heteroatoms. The Balaban J connectivity index is 1.89. The number of methoxy groups -OCH3 is 1. The lowest BCUT2D eigenvalue weighted by molar-refractivity contribution is -0.132. The molecule has 39 heavy (non-hydrogen) atoms. The van der Waals surface area contributed by atoms with Gasteiger partial charge in [0, 0.05) is 5.56 Å². The predicted molar refractivity (Wildman–Crippen MR) is 150 cm³/mol. The highest BCUT2D eigenvalue weighted by molar-refractivity contribution is 7.17. The van der Waals surface area contributed by atoms with E-state index in [-0.39, 0.29) is 27.3 Å². The van der Waals surface area contributed by atoms with Crippen molar-refractivity contribution < 1.29 is 29.0 Å². The van der Waals surface area contributed by atoms with Gasteiger partial charge in [-0.05, 0) is 54.7 Å². The monoisotopic (exact) mass is 546 g/mol. The molecule has 2 heterocycles. The number of hydrogen-bond acceptors (Lipinski definition) is 8. The van der Waals surface area contributed by atoms with Crippen molar-refractivity contribution in [2.45, 2.75) is 39.7 Å². The van der Waals surface area contributed by atoms with Crippen LogP contribution >= 0.6 is 11.3 Å². The Bertz CT molecular complexity index is 1490. The number of hydrogen-bond donors (Lipinski definition) is 1. The molecule has 3 aromatic rings. The summed E-state index contributed by atoms with van der Waals surface area (Å²) in [7, 11) is 1.26. The molecule has 1 aliphatic heterocycles. The number of rotatable bonds is 8. The summed E-state index contributed by atoms with van der Waals surface area (Å²) < 4.78 is 10.5. The Morgan fingerprint density at radius 2 is 1.87 bits per heavy atom. The van der Waals surface area contributed by atoms with Crippen LogP contribution < -0.4 is 9.64 Å². The lowest BCUT2D eigenvalue weighted by Crippen LogP contribution is -2.29. The van der Waals surface area contributed by atoms with Crippen LogP contribution in [-0.2, 0) is 14.3 Å². The first-order chi connectivity index (χ1) is 18.6. The van der Waals surface area contributed by atoms with Crippen molar-refractivity contribution in [2.24, 2.45) is 0 Å². The van der Waals surface area contributed by atoms with E-state index in [2.05, 4.69) is 25.4 Å². The molecule has 202 valence electrons. The van der Waals surface area contributed by atoms with Crippen molar-refractivity contribution in [2.75, 3.05) is 18.6 Å². The van der Waals surface area contributed by atoms with Gasteiger partial charge in [-0.3, -0.25) is 14.5 Å². The number of ketones is 1. The van der Waals surface area contributed by atoms with Crippen molar-refractivity contribution >= 4 is 39.9 Å². The van der Waals surface area contributed by atoms with Gasteiger partial charge in [-0.15, -0.1) is 0 Å². The molecule has 0 radical (unpaired) electrons. The maximum atomic E-state index is 13.5. The summed E-state index contributed by atoms with van der Waals surface area (Å²) in [5.41, 5.74) is 3.12. The van der Waals surface area contributed by atoms with E-state index < -0.39 is 23.7 Å². The number of esters is 1. The minimum Gasteiger partial charge on any atom is -0.507 e. The van der Waals surface area contributed by atoms with Gasteiger partial charge in [0.1, 0.15) is 23.0 Å². The van der Waals surface area contributed by atoms with Crippen LogP contribution in [0.4, 0.5) is 5.13 Å². The summed E-state index contributed by atoms with van der Waals surface area (Å²) in [6.07, 6.45) is 1.63. The minimum absolute atomic E-state index is 0.0658. The highest BCUT2D eigenvalue weighted by atomic mass is 32.1. The molecule has 1 aliphatic rings. The molecule has 1 saturated heterocycles. The van der Waals surface area contributed by atoms with E-state index in [4.69, 9.17) is 9.47 Å². The maximum absolute atomic E-state index is 13.5. The van der Waals surface area contributed by atoms with Crippen LogP contribution in [0, 0.1) is 13.8 Å². The molecule has 0 spiro atoms. The van der Waals surface area contributed by atoms with Crippen molar-refractivity contribution in [3.63, 3.8) is 0 Å². The zero-order valence-corrected chi connectivity index (χ0v) is 23.3. The number of anilines is 1. The number of ether oxygens (including phenoxy) is 2. The number of aryl methyl sites for hydroxylation is 2. The van der Waals surface area contributed by atoms with Crippen LogP contribution in [0.25, 0.3) is 5.76 Å². The highest BCUT2D eigenvalue weighted by Gasteiger charge is 2.48. The molecule has 0 saturated carbocycles. The Morgan fingerprint density at radius 3 is 2.46 bits per heavy atom. The quantitative estimate of drug-likeness (QED) is 0.124. The average molecular weight is 547 g/mol. The molecular formula is C30H30N2O6S. The number of nitrogens with zero attached hydrogens (tertiary/aromatic N) is 2. The number of carbonyl (C=O) groups excluding carboxylic acids is 3. The van der Waals surface area contributed by atoms with E-state index >= 15 is 0 Å². The fourth-order valence-corrected chi connectivity index (χ4v) is 5.45. The van der Waals surface area contributed by atoms with Gasteiger partial charge in [0.25, 0.3) is 5.78 Å². The number of benzene rings is 2. The summed E-state index contributed by atoms with van der Waals surface area (Å²) in [6.45, 7) is 11.6. The first kappa shape index (κ1) is 27.8. The van der Waals surface area contributed by atoms with Crippen LogP contribution in [-0.4, -0.2) is 41.5 Å². The summed E-state index contributed by atoms with van der Waals surface area (Å²) in [4.78, 5) is 45.1. The van der Waals surface area contributed by atoms with Gasteiger partial charge in [0.15, 0.2) is 5.13 Å². The number of aromatic nitrogens is 1. The van der Waals surface area contributed by atoms with Crippen molar-refractivity contribution in [1.82, 2.24) is 4.98 Å². The van der Waals surface area contributed by atoms with Gasteiger partial charge in [-0.25, -0.2) is 9.78 Å². The summed E-state index contributed by atoms with van der Waals surface area (Å²) in [6, 6.07) is 11.6. The van der Waals surface area contributed by atoms with Crippen LogP contribution in [0.15, 0.2) is 60.7 Å². The smallest absolute Gasteiger partial charge is 0.350 e. The maximum Gasteiger partial charge on any atom is 0.350 e. The number of aliphatic hydroxyl groups excluding tert-OH is 1. The van der Waals surface area contributed by atoms with E-state index in [0.29, 0.717) is 29.2 Å². The lowest BCUT2D eigenvalue weighted by atomic mass is 9.93. The Hall–Kier alpha value is -4.24. The molecule has 0 unspecified atom stereocenters. The predicted octanol–water partition coefficient (Wildman–Crippen LogP) is 5.86. The second kappa shape index (κ2) is 11.2. The Morgan fingerprint density at radius 1 is 1.18 bits per heavy atom. The molecule has 0 bridgehead atoms. The molecule has 1 atom stereocenters. The standard InChI is InChI=1S/C30H30N2O6S/c1-7-14-38-22-13-12-21(15-17(22)4)25(33)23-24(20-10-8-19(9-11-20)16(2)3)32(28(35)26(23)34)30-31-18(5)27(39-30)29(36)37-6/h7-13,15-16,24,33H,1,14H2,2-6H3/t24-/m0/s1. The van der Waals surface area contributed by atoms with Crippen LogP contribution in [0.2, 0.25) is 0 Å². The van der Waals surface area contributed by atoms with Crippen molar-refractivity contribution in [3.05, 3.63) is 93.5 Å². The van der Waals surface area contributed by atoms with Gasteiger partial charge < -0.3 is 14.6 Å². The van der Waals surface area contributed by atoms with E-state index in [1.54, 1.807) is 31.2 Å². The normalized spacial score (nSPS) is 16.6. The van der Waals surface area contributed by atoms with Gasteiger partial charge in [0.05, 0.1) is 24.4 Å². The zero-order chi connectivity index (χ0) is 28.4. The van der Waals surface area contributed by atoms with E-state index in [0.717, 1.165) is 22.5 Å².